The second-order valence-corrected chi connectivity index (χ2v) is 6.28. The molecule has 2 aromatic rings. The Morgan fingerprint density at radius 3 is 2.36 bits per heavy atom. The molecule has 0 spiro atoms. The fourth-order valence-electron chi connectivity index (χ4n) is 3.01. The molecule has 1 atom stereocenters. The van der Waals surface area contributed by atoms with E-state index in [-0.39, 0.29) is 11.7 Å². The molecule has 0 aliphatic carbocycles. The third kappa shape index (κ3) is 4.57. The molecule has 1 heterocycles. The van der Waals surface area contributed by atoms with E-state index >= 15 is 0 Å². The van der Waals surface area contributed by atoms with Gasteiger partial charge in [-0.15, -0.1) is 0 Å². The number of hydrogen-bond acceptors (Lipinski definition) is 3. The highest BCUT2D eigenvalue weighted by Crippen LogP contribution is 2.18. The summed E-state index contributed by atoms with van der Waals surface area (Å²) in [5, 5.41) is 0. The van der Waals surface area contributed by atoms with Crippen molar-refractivity contribution < 1.29 is 13.9 Å². The smallest absolute Gasteiger partial charge is 0.263 e. The van der Waals surface area contributed by atoms with Crippen molar-refractivity contribution in [2.75, 3.05) is 26.2 Å². The SMILES string of the molecule is C[C@H](Oc1ccccc1F)C(=O)N1CCN(Cc2ccccc2)CC1. The molecular formula is C20H23FN2O2. The lowest BCUT2D eigenvalue weighted by Crippen LogP contribution is -2.51. The van der Waals surface area contributed by atoms with Gasteiger partial charge in [0.05, 0.1) is 0 Å². The van der Waals surface area contributed by atoms with Crippen molar-refractivity contribution in [3.05, 3.63) is 66.0 Å². The van der Waals surface area contributed by atoms with Gasteiger partial charge in [-0.25, -0.2) is 4.39 Å². The van der Waals surface area contributed by atoms with Gasteiger partial charge in [0.25, 0.3) is 5.91 Å². The van der Waals surface area contributed by atoms with E-state index in [2.05, 4.69) is 17.0 Å². The fourth-order valence-corrected chi connectivity index (χ4v) is 3.01. The molecule has 1 saturated heterocycles. The summed E-state index contributed by atoms with van der Waals surface area (Å²) in [4.78, 5) is 16.7. The Labute approximate surface area is 147 Å². The number of piperazine rings is 1. The van der Waals surface area contributed by atoms with Crippen LogP contribution in [-0.4, -0.2) is 48.0 Å². The minimum Gasteiger partial charge on any atom is -0.478 e. The monoisotopic (exact) mass is 342 g/mol. The van der Waals surface area contributed by atoms with Crippen LogP contribution >= 0.6 is 0 Å². The van der Waals surface area contributed by atoms with Crippen LogP contribution in [0.1, 0.15) is 12.5 Å². The first-order chi connectivity index (χ1) is 12.1. The Hall–Kier alpha value is -2.40. The summed E-state index contributed by atoms with van der Waals surface area (Å²) in [7, 11) is 0. The molecule has 0 radical (unpaired) electrons. The van der Waals surface area contributed by atoms with E-state index in [9.17, 15) is 9.18 Å². The van der Waals surface area contributed by atoms with Gasteiger partial charge >= 0.3 is 0 Å². The van der Waals surface area contributed by atoms with Crippen LogP contribution in [0.5, 0.6) is 5.75 Å². The molecule has 3 rings (SSSR count). The van der Waals surface area contributed by atoms with Crippen LogP contribution in [0.4, 0.5) is 4.39 Å². The molecule has 0 N–H and O–H groups in total. The fraction of sp³-hybridized carbons (Fsp3) is 0.350. The minimum atomic E-state index is -0.697. The minimum absolute atomic E-state index is 0.0948. The number of ether oxygens (including phenoxy) is 1. The van der Waals surface area contributed by atoms with E-state index in [1.54, 1.807) is 24.0 Å². The van der Waals surface area contributed by atoms with Crippen molar-refractivity contribution in [3.63, 3.8) is 0 Å². The van der Waals surface area contributed by atoms with Gasteiger partial charge in [-0.05, 0) is 24.6 Å². The topological polar surface area (TPSA) is 32.8 Å². The molecule has 5 heteroatoms. The van der Waals surface area contributed by atoms with Crippen molar-refractivity contribution in [1.29, 1.82) is 0 Å². The normalized spacial score (nSPS) is 16.5. The van der Waals surface area contributed by atoms with Gasteiger partial charge in [-0.2, -0.15) is 0 Å². The Balaban J connectivity index is 1.50. The predicted octanol–water partition coefficient (Wildman–Crippen LogP) is 2.94. The average Bonchev–Trinajstić information content (AvgIpc) is 2.64. The molecule has 0 unspecified atom stereocenters. The third-order valence-electron chi connectivity index (χ3n) is 4.42. The highest BCUT2D eigenvalue weighted by Gasteiger charge is 2.26. The zero-order valence-corrected chi connectivity index (χ0v) is 14.4. The van der Waals surface area contributed by atoms with Crippen LogP contribution in [-0.2, 0) is 11.3 Å². The van der Waals surface area contributed by atoms with Gasteiger partial charge < -0.3 is 9.64 Å². The largest absolute Gasteiger partial charge is 0.478 e. The Kier molecular flexibility index (Phi) is 5.66. The highest BCUT2D eigenvalue weighted by atomic mass is 19.1. The van der Waals surface area contributed by atoms with Crippen molar-refractivity contribution in [2.24, 2.45) is 0 Å². The Morgan fingerprint density at radius 1 is 1.04 bits per heavy atom. The predicted molar refractivity (Wildman–Crippen MR) is 94.8 cm³/mol. The Bertz CT molecular complexity index is 700. The third-order valence-corrected chi connectivity index (χ3v) is 4.42. The van der Waals surface area contributed by atoms with E-state index < -0.39 is 11.9 Å². The standard InChI is InChI=1S/C20H23FN2O2/c1-16(25-19-10-6-5-9-18(19)21)20(24)23-13-11-22(12-14-23)15-17-7-3-2-4-8-17/h2-10,16H,11-15H2,1H3/t16-/m0/s1. The van der Waals surface area contributed by atoms with Crippen LogP contribution in [0.2, 0.25) is 0 Å². The van der Waals surface area contributed by atoms with E-state index in [0.29, 0.717) is 13.1 Å². The summed E-state index contributed by atoms with van der Waals surface area (Å²) in [6.07, 6.45) is -0.697. The first kappa shape index (κ1) is 17.4. The number of halogens is 1. The maximum absolute atomic E-state index is 13.7. The number of rotatable bonds is 5. The van der Waals surface area contributed by atoms with Gasteiger partial charge in [0.2, 0.25) is 0 Å². The Morgan fingerprint density at radius 2 is 1.68 bits per heavy atom. The quantitative estimate of drug-likeness (QED) is 0.838. The molecule has 1 aliphatic heterocycles. The summed E-state index contributed by atoms with van der Waals surface area (Å²) in [5.74, 6) is -0.427. The van der Waals surface area contributed by atoms with Crippen molar-refractivity contribution in [2.45, 2.75) is 19.6 Å². The van der Waals surface area contributed by atoms with Gasteiger partial charge in [-0.3, -0.25) is 9.69 Å². The lowest BCUT2D eigenvalue weighted by atomic mass is 10.2. The molecular weight excluding hydrogens is 319 g/mol. The number of nitrogens with zero attached hydrogens (tertiary/aromatic N) is 2. The molecule has 0 saturated carbocycles. The van der Waals surface area contributed by atoms with Crippen LogP contribution in [0, 0.1) is 5.82 Å². The second-order valence-electron chi connectivity index (χ2n) is 6.28. The molecule has 25 heavy (non-hydrogen) atoms. The first-order valence-electron chi connectivity index (χ1n) is 8.60. The van der Waals surface area contributed by atoms with Crippen LogP contribution in [0.15, 0.2) is 54.6 Å². The van der Waals surface area contributed by atoms with Crippen molar-refractivity contribution >= 4 is 5.91 Å². The molecule has 1 fully saturated rings. The van der Waals surface area contributed by atoms with E-state index in [1.165, 1.54) is 17.7 Å². The van der Waals surface area contributed by atoms with Gasteiger partial charge in [0, 0.05) is 32.7 Å². The van der Waals surface area contributed by atoms with Gasteiger partial charge in [0.1, 0.15) is 0 Å². The van der Waals surface area contributed by atoms with E-state index in [1.807, 2.05) is 18.2 Å². The number of carbonyl (C=O) groups excluding carboxylic acids is 1. The summed E-state index contributed by atoms with van der Waals surface area (Å²) < 4.78 is 19.2. The lowest BCUT2D eigenvalue weighted by molar-refractivity contribution is -0.139. The zero-order chi connectivity index (χ0) is 17.6. The first-order valence-corrected chi connectivity index (χ1v) is 8.60. The van der Waals surface area contributed by atoms with Gasteiger partial charge in [0.15, 0.2) is 17.7 Å². The number of hydrogen-bond donors (Lipinski definition) is 0. The molecule has 4 nitrogen and oxygen atoms in total. The summed E-state index contributed by atoms with van der Waals surface area (Å²) in [5.41, 5.74) is 1.28. The number of amides is 1. The molecule has 0 aromatic heterocycles. The van der Waals surface area contributed by atoms with Gasteiger partial charge in [-0.1, -0.05) is 42.5 Å². The van der Waals surface area contributed by atoms with E-state index in [0.717, 1.165) is 19.6 Å². The number of benzene rings is 2. The lowest BCUT2D eigenvalue weighted by Gasteiger charge is -2.35. The molecule has 0 bridgehead atoms. The number of carbonyl (C=O) groups is 1. The summed E-state index contributed by atoms with van der Waals surface area (Å²) >= 11 is 0. The van der Waals surface area contributed by atoms with E-state index in [4.69, 9.17) is 4.74 Å². The maximum Gasteiger partial charge on any atom is 0.263 e. The molecule has 1 amide bonds. The summed E-state index contributed by atoms with van der Waals surface area (Å²) in [6, 6.07) is 16.5. The summed E-state index contributed by atoms with van der Waals surface area (Å²) in [6.45, 7) is 5.54. The van der Waals surface area contributed by atoms with Crippen molar-refractivity contribution in [1.82, 2.24) is 9.80 Å². The number of para-hydroxylation sites is 1. The zero-order valence-electron chi connectivity index (χ0n) is 14.4. The second kappa shape index (κ2) is 8.12. The highest BCUT2D eigenvalue weighted by molar-refractivity contribution is 5.81. The van der Waals surface area contributed by atoms with Crippen LogP contribution in [0.3, 0.4) is 0 Å². The average molecular weight is 342 g/mol. The van der Waals surface area contributed by atoms with Crippen LogP contribution < -0.4 is 4.74 Å². The maximum atomic E-state index is 13.7. The molecule has 2 aromatic carbocycles. The molecule has 132 valence electrons. The van der Waals surface area contributed by atoms with Crippen molar-refractivity contribution in [3.8, 4) is 5.75 Å². The van der Waals surface area contributed by atoms with Crippen LogP contribution in [0.25, 0.3) is 0 Å². The molecule has 1 aliphatic rings.